The molecular weight excluding hydrogens is 536 g/mol. The molecule has 2 aromatic carbocycles. The van der Waals surface area contributed by atoms with E-state index >= 15 is 8.78 Å². The molecule has 0 aromatic heterocycles. The van der Waals surface area contributed by atoms with Crippen molar-refractivity contribution in [1.29, 1.82) is 0 Å². The molecule has 0 N–H and O–H groups in total. The first kappa shape index (κ1) is 28.6. The number of amides is 1. The summed E-state index contributed by atoms with van der Waals surface area (Å²) in [5.41, 5.74) is 0.288. The fourth-order valence-electron chi connectivity index (χ4n) is 4.49. The van der Waals surface area contributed by atoms with Crippen molar-refractivity contribution in [1.82, 2.24) is 4.47 Å². The zero-order chi connectivity index (χ0) is 28.3. The molecule has 39 heavy (non-hydrogen) atoms. The Morgan fingerprint density at radius 1 is 1.00 bits per heavy atom. The van der Waals surface area contributed by atoms with Crippen molar-refractivity contribution < 1.29 is 41.2 Å². The fourth-order valence-corrected chi connectivity index (χ4v) is 5.74. The molecule has 0 unspecified atom stereocenters. The molecule has 0 bridgehead atoms. The van der Waals surface area contributed by atoms with Crippen LogP contribution in [0.2, 0.25) is 0 Å². The zero-order valence-corrected chi connectivity index (χ0v) is 22.4. The number of rotatable bonds is 9. The second-order valence-electron chi connectivity index (χ2n) is 9.49. The summed E-state index contributed by atoms with van der Waals surface area (Å²) >= 11 is 0. The quantitative estimate of drug-likeness (QED) is 0.456. The van der Waals surface area contributed by atoms with Gasteiger partial charge >= 0.3 is 6.09 Å². The van der Waals surface area contributed by atoms with Gasteiger partial charge in [-0.1, -0.05) is 16.6 Å². The van der Waals surface area contributed by atoms with Crippen molar-refractivity contribution in [2.45, 2.75) is 44.1 Å². The van der Waals surface area contributed by atoms with Gasteiger partial charge in [-0.25, -0.2) is 22.0 Å². The maximum absolute atomic E-state index is 15.2. The van der Waals surface area contributed by atoms with Crippen molar-refractivity contribution in [2.75, 3.05) is 42.6 Å². The maximum Gasteiger partial charge on any atom is 0.414 e. The standard InChI is InChI=1S/C26H29F2N3O7S/c1-17(32)3-6-21-16-30(26(34)38-21)20-14-23(27)25(24(28)15-20)29-9-10-31(37-12-11-29)39(35,36)22-7-4-19(5-8-22)13-18(2)33/h4-5,7-8,14-15,21H,3,6,9-13,16H2,1-2H3/t21-/m0/s1. The monoisotopic (exact) mass is 565 g/mol. The van der Waals surface area contributed by atoms with Crippen LogP contribution >= 0.6 is 0 Å². The number of Topliss-reactive ketones (excluding diaryl/α,β-unsaturated/α-hetero) is 2. The van der Waals surface area contributed by atoms with Crippen molar-refractivity contribution in [3.8, 4) is 0 Å². The number of carbonyl (C=O) groups is 3. The molecule has 2 aliphatic heterocycles. The summed E-state index contributed by atoms with van der Waals surface area (Å²) in [7, 11) is -4.06. The van der Waals surface area contributed by atoms with E-state index in [2.05, 4.69) is 0 Å². The molecule has 2 heterocycles. The first-order chi connectivity index (χ1) is 18.5. The molecule has 1 atom stereocenters. The molecule has 1 amide bonds. The Balaban J connectivity index is 1.46. The Morgan fingerprint density at radius 2 is 1.67 bits per heavy atom. The second kappa shape index (κ2) is 11.8. The third-order valence-electron chi connectivity index (χ3n) is 6.41. The van der Waals surface area contributed by atoms with Crippen LogP contribution in [-0.2, 0) is 35.6 Å². The Morgan fingerprint density at radius 3 is 2.28 bits per heavy atom. The summed E-state index contributed by atoms with van der Waals surface area (Å²) in [6, 6.07) is 7.90. The van der Waals surface area contributed by atoms with Crippen LogP contribution in [-0.4, -0.2) is 69.4 Å². The number of cyclic esters (lactones) is 1. The molecule has 2 fully saturated rings. The summed E-state index contributed by atoms with van der Waals surface area (Å²) < 4.78 is 62.5. The molecule has 2 aliphatic rings. The molecule has 4 rings (SSSR count). The molecule has 210 valence electrons. The van der Waals surface area contributed by atoms with Gasteiger partial charge in [0, 0.05) is 38.1 Å². The number of ether oxygens (including phenoxy) is 1. The molecule has 0 radical (unpaired) electrons. The lowest BCUT2D eigenvalue weighted by atomic mass is 10.1. The van der Waals surface area contributed by atoms with E-state index in [1.807, 2.05) is 0 Å². The number of hydroxylamine groups is 1. The number of carbonyl (C=O) groups excluding carboxylic acids is 3. The highest BCUT2D eigenvalue weighted by Crippen LogP contribution is 2.32. The van der Waals surface area contributed by atoms with Gasteiger partial charge in [0.15, 0.2) is 11.6 Å². The van der Waals surface area contributed by atoms with Gasteiger partial charge in [-0.3, -0.25) is 14.5 Å². The summed E-state index contributed by atoms with van der Waals surface area (Å²) in [6.07, 6.45) is -0.592. The van der Waals surface area contributed by atoms with E-state index in [1.54, 1.807) is 12.1 Å². The minimum absolute atomic E-state index is 0.00956. The highest BCUT2D eigenvalue weighted by atomic mass is 32.2. The second-order valence-corrected chi connectivity index (χ2v) is 11.3. The van der Waals surface area contributed by atoms with Crippen LogP contribution < -0.4 is 9.80 Å². The minimum atomic E-state index is -4.06. The van der Waals surface area contributed by atoms with Gasteiger partial charge < -0.3 is 14.4 Å². The van der Waals surface area contributed by atoms with Gasteiger partial charge in [-0.05, 0) is 38.0 Å². The first-order valence-electron chi connectivity index (χ1n) is 12.4. The van der Waals surface area contributed by atoms with Gasteiger partial charge in [-0.2, -0.15) is 0 Å². The highest BCUT2D eigenvalue weighted by molar-refractivity contribution is 7.89. The average molecular weight is 566 g/mol. The molecule has 2 aromatic rings. The lowest BCUT2D eigenvalue weighted by Crippen LogP contribution is -2.35. The first-order valence-corrected chi connectivity index (χ1v) is 13.9. The van der Waals surface area contributed by atoms with Gasteiger partial charge in [-0.15, -0.1) is 0 Å². The van der Waals surface area contributed by atoms with E-state index < -0.39 is 33.9 Å². The summed E-state index contributed by atoms with van der Waals surface area (Å²) in [6.45, 7) is 2.52. The van der Waals surface area contributed by atoms with Crippen molar-refractivity contribution >= 4 is 39.1 Å². The molecule has 0 saturated carbocycles. The number of halogens is 2. The third kappa shape index (κ3) is 6.60. The molecule has 0 spiro atoms. The van der Waals surface area contributed by atoms with E-state index in [-0.39, 0.29) is 73.5 Å². The SMILES string of the molecule is CC(=O)CC[C@H]1CN(c2cc(F)c(N3CCON(S(=O)(=O)c4ccc(CC(C)=O)cc4)CC3)c(F)c2)C(=O)O1. The van der Waals surface area contributed by atoms with Crippen LogP contribution in [0.5, 0.6) is 0 Å². The predicted octanol–water partition coefficient (Wildman–Crippen LogP) is 3.23. The minimum Gasteiger partial charge on any atom is -0.444 e. The molecule has 13 heteroatoms. The topological polar surface area (TPSA) is 114 Å². The number of ketones is 2. The van der Waals surface area contributed by atoms with E-state index in [0.29, 0.717) is 12.0 Å². The van der Waals surface area contributed by atoms with Crippen molar-refractivity contribution in [3.63, 3.8) is 0 Å². The Labute approximate surface area is 225 Å². The molecule has 2 saturated heterocycles. The number of hydrogen-bond donors (Lipinski definition) is 0. The largest absolute Gasteiger partial charge is 0.444 e. The highest BCUT2D eigenvalue weighted by Gasteiger charge is 2.34. The normalized spacial score (nSPS) is 18.7. The number of sulfonamides is 1. The van der Waals surface area contributed by atoms with Crippen LogP contribution in [0.3, 0.4) is 0 Å². The number of nitrogens with zero attached hydrogens (tertiary/aromatic N) is 3. The van der Waals surface area contributed by atoms with Crippen molar-refractivity contribution in [2.24, 2.45) is 0 Å². The van der Waals surface area contributed by atoms with E-state index in [9.17, 15) is 22.8 Å². The molecular formula is C26H29F2N3O7S. The Kier molecular flexibility index (Phi) is 8.62. The van der Waals surface area contributed by atoms with Crippen LogP contribution in [0.4, 0.5) is 25.0 Å². The lowest BCUT2D eigenvalue weighted by molar-refractivity contribution is -0.117. The van der Waals surface area contributed by atoms with Crippen molar-refractivity contribution in [3.05, 3.63) is 53.6 Å². The van der Waals surface area contributed by atoms with Gasteiger partial charge in [0.1, 0.15) is 23.4 Å². The van der Waals surface area contributed by atoms with Crippen LogP contribution in [0.1, 0.15) is 32.3 Å². The Hall–Kier alpha value is -3.42. The molecule has 10 nitrogen and oxygen atoms in total. The molecule has 0 aliphatic carbocycles. The van der Waals surface area contributed by atoms with Crippen LogP contribution in [0.25, 0.3) is 0 Å². The number of hydrogen-bond acceptors (Lipinski definition) is 8. The maximum atomic E-state index is 15.2. The van der Waals surface area contributed by atoms with E-state index in [1.165, 1.54) is 30.9 Å². The lowest BCUT2D eigenvalue weighted by Gasteiger charge is -2.24. The van der Waals surface area contributed by atoms with E-state index in [0.717, 1.165) is 21.5 Å². The smallest absolute Gasteiger partial charge is 0.414 e. The summed E-state index contributed by atoms with van der Waals surface area (Å²) in [5, 5.41) is 0. The summed E-state index contributed by atoms with van der Waals surface area (Å²) in [4.78, 5) is 42.6. The Bertz CT molecular complexity index is 1350. The van der Waals surface area contributed by atoms with Crippen LogP contribution in [0, 0.1) is 11.6 Å². The van der Waals surface area contributed by atoms with Gasteiger partial charge in [0.05, 0.1) is 30.3 Å². The van der Waals surface area contributed by atoms with Gasteiger partial charge in [0.25, 0.3) is 10.0 Å². The fraction of sp³-hybridized carbons (Fsp3) is 0.423. The van der Waals surface area contributed by atoms with E-state index in [4.69, 9.17) is 9.57 Å². The van der Waals surface area contributed by atoms with Crippen LogP contribution in [0.15, 0.2) is 41.3 Å². The average Bonchev–Trinajstić information content (AvgIpc) is 3.06. The zero-order valence-electron chi connectivity index (χ0n) is 21.6. The number of anilines is 2. The summed E-state index contributed by atoms with van der Waals surface area (Å²) in [5.74, 6) is -1.96. The van der Waals surface area contributed by atoms with Gasteiger partial charge in [0.2, 0.25) is 0 Å². The predicted molar refractivity (Wildman–Crippen MR) is 137 cm³/mol. The third-order valence-corrected chi connectivity index (χ3v) is 8.11. The number of benzene rings is 2.